The Bertz CT molecular complexity index is 229. The number of hydrogen-bond acceptors (Lipinski definition) is 4. The minimum atomic E-state index is -0.371. The molecular formula is C11H22N2O3. The van der Waals surface area contributed by atoms with E-state index in [-0.39, 0.29) is 18.4 Å². The van der Waals surface area contributed by atoms with Crippen LogP contribution in [0.3, 0.4) is 0 Å². The van der Waals surface area contributed by atoms with Gasteiger partial charge in [-0.25, -0.2) is 0 Å². The Hall–Kier alpha value is -1.10. The van der Waals surface area contributed by atoms with Crippen LogP contribution in [-0.2, 0) is 14.3 Å². The quantitative estimate of drug-likeness (QED) is 0.612. The zero-order chi connectivity index (χ0) is 12.6. The van der Waals surface area contributed by atoms with Crippen molar-refractivity contribution >= 4 is 11.9 Å². The monoisotopic (exact) mass is 230 g/mol. The average Bonchev–Trinajstić information content (AvgIpc) is 2.13. The predicted molar refractivity (Wildman–Crippen MR) is 61.7 cm³/mol. The fourth-order valence-electron chi connectivity index (χ4n) is 1.45. The fourth-order valence-corrected chi connectivity index (χ4v) is 1.45. The van der Waals surface area contributed by atoms with E-state index in [1.807, 2.05) is 4.90 Å². The normalized spacial score (nSPS) is 10.8. The van der Waals surface area contributed by atoms with Gasteiger partial charge in [-0.1, -0.05) is 13.8 Å². The molecule has 94 valence electrons. The maximum atomic E-state index is 11.2. The molecule has 16 heavy (non-hydrogen) atoms. The molecule has 0 atom stereocenters. The third kappa shape index (κ3) is 8.23. The van der Waals surface area contributed by atoms with E-state index in [0.717, 1.165) is 6.54 Å². The highest BCUT2D eigenvalue weighted by molar-refractivity contribution is 5.76. The molecule has 1 amide bonds. The highest BCUT2D eigenvalue weighted by Gasteiger charge is 2.12. The molecule has 2 N–H and O–H groups in total. The molecule has 0 unspecified atom stereocenters. The Morgan fingerprint density at radius 2 is 2.00 bits per heavy atom. The van der Waals surface area contributed by atoms with Gasteiger partial charge in [-0.05, 0) is 12.8 Å². The van der Waals surface area contributed by atoms with Gasteiger partial charge in [0.1, 0.15) is 0 Å². The van der Waals surface area contributed by atoms with Crippen LogP contribution in [0.4, 0.5) is 0 Å². The summed E-state index contributed by atoms with van der Waals surface area (Å²) in [6, 6.07) is 0. The van der Waals surface area contributed by atoms with Crippen molar-refractivity contribution in [2.24, 2.45) is 11.7 Å². The number of nitrogens with zero attached hydrogens (tertiary/aromatic N) is 1. The SMILES string of the molecule is CCOC(=O)CCN(CC(N)=O)CC(C)C. The van der Waals surface area contributed by atoms with Crippen molar-refractivity contribution in [3.05, 3.63) is 0 Å². The van der Waals surface area contributed by atoms with E-state index in [2.05, 4.69) is 13.8 Å². The first-order valence-corrected chi connectivity index (χ1v) is 5.62. The van der Waals surface area contributed by atoms with Crippen molar-refractivity contribution in [1.29, 1.82) is 0 Å². The summed E-state index contributed by atoms with van der Waals surface area (Å²) in [5.74, 6) is -0.174. The van der Waals surface area contributed by atoms with Crippen molar-refractivity contribution < 1.29 is 14.3 Å². The summed E-state index contributed by atoms with van der Waals surface area (Å²) in [5, 5.41) is 0. The van der Waals surface area contributed by atoms with Crippen molar-refractivity contribution in [3.8, 4) is 0 Å². The van der Waals surface area contributed by atoms with E-state index in [0.29, 0.717) is 25.5 Å². The van der Waals surface area contributed by atoms with Crippen LogP contribution in [0, 0.1) is 5.92 Å². The predicted octanol–water partition coefficient (Wildman–Crippen LogP) is 0.383. The van der Waals surface area contributed by atoms with E-state index < -0.39 is 0 Å². The van der Waals surface area contributed by atoms with Crippen LogP contribution >= 0.6 is 0 Å². The maximum Gasteiger partial charge on any atom is 0.307 e. The van der Waals surface area contributed by atoms with Gasteiger partial charge in [0.2, 0.25) is 5.91 Å². The molecule has 0 saturated carbocycles. The first kappa shape index (κ1) is 14.9. The van der Waals surface area contributed by atoms with Gasteiger partial charge in [0.05, 0.1) is 19.6 Å². The number of carbonyl (C=O) groups excluding carboxylic acids is 2. The summed E-state index contributed by atoms with van der Waals surface area (Å²) in [6.07, 6.45) is 0.299. The maximum absolute atomic E-state index is 11.2. The van der Waals surface area contributed by atoms with Crippen molar-refractivity contribution in [1.82, 2.24) is 4.90 Å². The second kappa shape index (κ2) is 8.10. The van der Waals surface area contributed by atoms with Crippen LogP contribution in [0.25, 0.3) is 0 Å². The van der Waals surface area contributed by atoms with Gasteiger partial charge in [0.25, 0.3) is 0 Å². The first-order chi connectivity index (χ1) is 7.45. The smallest absolute Gasteiger partial charge is 0.307 e. The Labute approximate surface area is 96.9 Å². The molecule has 0 aromatic heterocycles. The third-order valence-electron chi connectivity index (χ3n) is 1.94. The molecule has 0 fully saturated rings. The standard InChI is InChI=1S/C11H22N2O3/c1-4-16-11(15)5-6-13(7-9(2)3)8-10(12)14/h9H,4-8H2,1-3H3,(H2,12,14). The lowest BCUT2D eigenvalue weighted by atomic mass is 10.2. The summed E-state index contributed by atoms with van der Waals surface area (Å²) in [7, 11) is 0. The second-order valence-corrected chi connectivity index (χ2v) is 4.15. The highest BCUT2D eigenvalue weighted by Crippen LogP contribution is 2.00. The van der Waals surface area contributed by atoms with E-state index in [4.69, 9.17) is 10.5 Å². The molecule has 0 aliphatic carbocycles. The van der Waals surface area contributed by atoms with Crippen LogP contribution in [-0.4, -0.2) is 43.0 Å². The molecule has 0 spiro atoms. The van der Waals surface area contributed by atoms with Gasteiger partial charge in [-0.3, -0.25) is 14.5 Å². The zero-order valence-corrected chi connectivity index (χ0v) is 10.4. The zero-order valence-electron chi connectivity index (χ0n) is 10.4. The summed E-state index contributed by atoms with van der Waals surface area (Å²) in [4.78, 5) is 23.9. The van der Waals surface area contributed by atoms with Crippen molar-refractivity contribution in [3.63, 3.8) is 0 Å². The molecule has 0 saturated heterocycles. The van der Waals surface area contributed by atoms with Gasteiger partial charge in [-0.2, -0.15) is 0 Å². The Balaban J connectivity index is 4.00. The molecule has 0 aromatic carbocycles. The molecule has 0 bridgehead atoms. The summed E-state index contributed by atoms with van der Waals surface area (Å²) in [6.45, 7) is 7.72. The average molecular weight is 230 g/mol. The number of hydrogen-bond donors (Lipinski definition) is 1. The minimum Gasteiger partial charge on any atom is -0.466 e. The molecular weight excluding hydrogens is 208 g/mol. The number of carbonyl (C=O) groups is 2. The van der Waals surface area contributed by atoms with Crippen LogP contribution in [0.5, 0.6) is 0 Å². The Kier molecular flexibility index (Phi) is 7.54. The van der Waals surface area contributed by atoms with Gasteiger partial charge in [-0.15, -0.1) is 0 Å². The lowest BCUT2D eigenvalue weighted by molar-refractivity contribution is -0.143. The molecule has 0 radical (unpaired) electrons. The van der Waals surface area contributed by atoms with Gasteiger partial charge in [0, 0.05) is 13.1 Å². The Morgan fingerprint density at radius 1 is 1.38 bits per heavy atom. The molecule has 0 rings (SSSR count). The number of amides is 1. The van der Waals surface area contributed by atoms with Crippen LogP contribution in [0.1, 0.15) is 27.2 Å². The van der Waals surface area contributed by atoms with Gasteiger partial charge < -0.3 is 10.5 Å². The molecule has 5 nitrogen and oxygen atoms in total. The fraction of sp³-hybridized carbons (Fsp3) is 0.818. The minimum absolute atomic E-state index is 0.192. The van der Waals surface area contributed by atoms with E-state index in [9.17, 15) is 9.59 Å². The number of ether oxygens (including phenoxy) is 1. The largest absolute Gasteiger partial charge is 0.466 e. The molecule has 0 aromatic rings. The topological polar surface area (TPSA) is 72.6 Å². The van der Waals surface area contributed by atoms with E-state index in [1.54, 1.807) is 6.92 Å². The summed E-state index contributed by atoms with van der Waals surface area (Å²) < 4.78 is 4.82. The first-order valence-electron chi connectivity index (χ1n) is 5.62. The lowest BCUT2D eigenvalue weighted by Gasteiger charge is -2.22. The number of primary amides is 1. The van der Waals surface area contributed by atoms with Gasteiger partial charge in [0.15, 0.2) is 0 Å². The molecule has 5 heteroatoms. The van der Waals surface area contributed by atoms with E-state index in [1.165, 1.54) is 0 Å². The van der Waals surface area contributed by atoms with Crippen molar-refractivity contribution in [2.45, 2.75) is 27.2 Å². The number of esters is 1. The van der Waals surface area contributed by atoms with Crippen LogP contribution in [0.2, 0.25) is 0 Å². The second-order valence-electron chi connectivity index (χ2n) is 4.15. The number of nitrogens with two attached hydrogens (primary N) is 1. The summed E-state index contributed by atoms with van der Waals surface area (Å²) in [5.41, 5.74) is 5.14. The van der Waals surface area contributed by atoms with Crippen LogP contribution in [0.15, 0.2) is 0 Å². The molecule has 0 heterocycles. The Morgan fingerprint density at radius 3 is 2.44 bits per heavy atom. The third-order valence-corrected chi connectivity index (χ3v) is 1.94. The molecule has 0 aliphatic rings. The molecule has 0 aliphatic heterocycles. The highest BCUT2D eigenvalue weighted by atomic mass is 16.5. The van der Waals surface area contributed by atoms with Gasteiger partial charge >= 0.3 is 5.97 Å². The lowest BCUT2D eigenvalue weighted by Crippen LogP contribution is -2.37. The summed E-state index contributed by atoms with van der Waals surface area (Å²) >= 11 is 0. The van der Waals surface area contributed by atoms with E-state index >= 15 is 0 Å². The number of rotatable bonds is 8. The van der Waals surface area contributed by atoms with Crippen molar-refractivity contribution in [2.75, 3.05) is 26.2 Å². The van der Waals surface area contributed by atoms with Crippen LogP contribution < -0.4 is 5.73 Å².